The number of carbonyl (C=O) groups is 1. The van der Waals surface area contributed by atoms with E-state index < -0.39 is 41.1 Å². The van der Waals surface area contributed by atoms with Gasteiger partial charge in [0.1, 0.15) is 17.6 Å². The van der Waals surface area contributed by atoms with Gasteiger partial charge < -0.3 is 14.2 Å². The van der Waals surface area contributed by atoms with Gasteiger partial charge in [-0.1, -0.05) is 12.1 Å². The number of aryl methyl sites for hydroxylation is 1. The van der Waals surface area contributed by atoms with Crippen LogP contribution in [0.1, 0.15) is 33.5 Å². The molecule has 2 bridgehead atoms. The number of halogens is 4. The number of carbonyl (C=O) groups excluding carboxylic acids is 1. The summed E-state index contributed by atoms with van der Waals surface area (Å²) in [6, 6.07) is 6.96. The number of alkyl halides is 3. The monoisotopic (exact) mass is 447 g/mol. The highest BCUT2D eigenvalue weighted by molar-refractivity contribution is 5.95. The van der Waals surface area contributed by atoms with Gasteiger partial charge >= 0.3 is 6.18 Å². The summed E-state index contributed by atoms with van der Waals surface area (Å²) in [4.78, 5) is 19.1. The van der Waals surface area contributed by atoms with Crippen LogP contribution in [0.3, 0.4) is 0 Å². The summed E-state index contributed by atoms with van der Waals surface area (Å²) in [7, 11) is 0. The maximum absolute atomic E-state index is 14.7. The summed E-state index contributed by atoms with van der Waals surface area (Å²) in [6.45, 7) is 2.32. The molecule has 2 aliphatic rings. The fourth-order valence-corrected chi connectivity index (χ4v) is 4.24. The van der Waals surface area contributed by atoms with Gasteiger partial charge in [0.2, 0.25) is 0 Å². The molecule has 0 N–H and O–H groups in total. The predicted octanol–water partition coefficient (Wildman–Crippen LogP) is 3.40. The highest BCUT2D eigenvalue weighted by Crippen LogP contribution is 2.37. The maximum atomic E-state index is 14.7. The van der Waals surface area contributed by atoms with Crippen LogP contribution in [0.25, 0.3) is 11.5 Å². The Labute approximate surface area is 179 Å². The van der Waals surface area contributed by atoms with E-state index in [-0.39, 0.29) is 19.8 Å². The van der Waals surface area contributed by atoms with Crippen molar-refractivity contribution in [3.05, 3.63) is 64.9 Å². The van der Waals surface area contributed by atoms with Crippen LogP contribution in [0.2, 0.25) is 0 Å². The molecule has 2 aromatic heterocycles. The number of pyridine rings is 1. The van der Waals surface area contributed by atoms with Crippen molar-refractivity contribution in [2.24, 2.45) is 0 Å². The van der Waals surface area contributed by atoms with Gasteiger partial charge in [-0.2, -0.15) is 13.2 Å². The van der Waals surface area contributed by atoms with Crippen LogP contribution in [0.4, 0.5) is 17.6 Å². The van der Waals surface area contributed by atoms with E-state index >= 15 is 0 Å². The van der Waals surface area contributed by atoms with E-state index in [9.17, 15) is 22.4 Å². The maximum Gasteiger partial charge on any atom is 0.419 e. The van der Waals surface area contributed by atoms with Gasteiger partial charge in [0.25, 0.3) is 5.91 Å². The summed E-state index contributed by atoms with van der Waals surface area (Å²) >= 11 is 0. The van der Waals surface area contributed by atoms with Gasteiger partial charge in [-0.15, -0.1) is 10.2 Å². The highest BCUT2D eigenvalue weighted by atomic mass is 19.4. The first-order chi connectivity index (χ1) is 15.3. The molecule has 1 saturated heterocycles. The first-order valence-electron chi connectivity index (χ1n) is 9.89. The number of rotatable bonds is 2. The molecule has 5 rings (SSSR count). The van der Waals surface area contributed by atoms with E-state index in [0.29, 0.717) is 23.4 Å². The number of nitrogens with zero attached hydrogens (tertiary/aromatic N) is 5. The standard InChI is InChI=1S/C21H17F4N5O2/c1-11-4-2-7-15(26-11)18-27-28-19-16-10-32-9-12(8-29(18)19)30(16)20(31)13-5-3-6-14(17(13)22)21(23,24)25/h2-7,12,16H,8-10H2,1H3/t12-,16-/m1/s1. The molecule has 1 amide bonds. The normalized spacial score (nSPS) is 20.2. The predicted molar refractivity (Wildman–Crippen MR) is 103 cm³/mol. The second-order valence-electron chi connectivity index (χ2n) is 7.74. The molecule has 3 aromatic rings. The van der Waals surface area contributed by atoms with E-state index in [0.717, 1.165) is 17.8 Å². The molecule has 2 atom stereocenters. The number of hydrogen-bond acceptors (Lipinski definition) is 5. The number of aromatic nitrogens is 4. The van der Waals surface area contributed by atoms with E-state index in [4.69, 9.17) is 4.74 Å². The van der Waals surface area contributed by atoms with Crippen LogP contribution >= 0.6 is 0 Å². The van der Waals surface area contributed by atoms with E-state index in [1.807, 2.05) is 23.6 Å². The molecule has 0 unspecified atom stereocenters. The molecule has 4 heterocycles. The molecule has 0 spiro atoms. The molecule has 0 aliphatic carbocycles. The third-order valence-electron chi connectivity index (χ3n) is 5.67. The SMILES string of the molecule is Cc1cccc(-c2nnc3n2C[C@@H]2COC[C@H]3N2C(=O)c2cccc(C(F)(F)F)c2F)n1. The van der Waals surface area contributed by atoms with Crippen molar-refractivity contribution in [3.8, 4) is 11.5 Å². The van der Waals surface area contributed by atoms with Crippen molar-refractivity contribution in [2.75, 3.05) is 13.2 Å². The van der Waals surface area contributed by atoms with Crippen molar-refractivity contribution in [1.29, 1.82) is 0 Å². The van der Waals surface area contributed by atoms with Crippen molar-refractivity contribution in [2.45, 2.75) is 31.7 Å². The molecule has 0 saturated carbocycles. The third-order valence-corrected chi connectivity index (χ3v) is 5.67. The average Bonchev–Trinajstić information content (AvgIpc) is 3.16. The summed E-state index contributed by atoms with van der Waals surface area (Å²) in [5.74, 6) is -1.48. The summed E-state index contributed by atoms with van der Waals surface area (Å²) in [5, 5.41) is 8.45. The second-order valence-corrected chi connectivity index (χ2v) is 7.74. The van der Waals surface area contributed by atoms with Crippen LogP contribution in [-0.2, 0) is 17.5 Å². The largest absolute Gasteiger partial charge is 0.419 e. The lowest BCUT2D eigenvalue weighted by Gasteiger charge is -2.45. The minimum Gasteiger partial charge on any atom is -0.377 e. The summed E-state index contributed by atoms with van der Waals surface area (Å²) < 4.78 is 61.5. The number of benzene rings is 1. The minimum absolute atomic E-state index is 0.0716. The second kappa shape index (κ2) is 7.37. The molecule has 166 valence electrons. The quantitative estimate of drug-likeness (QED) is 0.563. The van der Waals surface area contributed by atoms with Gasteiger partial charge in [0.15, 0.2) is 11.6 Å². The Morgan fingerprint density at radius 2 is 1.91 bits per heavy atom. The van der Waals surface area contributed by atoms with E-state index in [1.165, 1.54) is 4.90 Å². The number of hydrogen-bond donors (Lipinski definition) is 0. The summed E-state index contributed by atoms with van der Waals surface area (Å²) in [6.07, 6.45) is -4.91. The Kier molecular flexibility index (Phi) is 4.73. The summed E-state index contributed by atoms with van der Waals surface area (Å²) in [5.41, 5.74) is -0.689. The van der Waals surface area contributed by atoms with Crippen molar-refractivity contribution in [3.63, 3.8) is 0 Å². The molecule has 7 nitrogen and oxygen atoms in total. The molecule has 11 heteroatoms. The minimum atomic E-state index is -4.91. The van der Waals surface area contributed by atoms with Gasteiger partial charge in [0, 0.05) is 12.2 Å². The van der Waals surface area contributed by atoms with Crippen molar-refractivity contribution >= 4 is 5.91 Å². The van der Waals surface area contributed by atoms with E-state index in [1.54, 1.807) is 6.07 Å². The first-order valence-corrected chi connectivity index (χ1v) is 9.89. The molecule has 1 fully saturated rings. The van der Waals surface area contributed by atoms with Crippen LogP contribution in [0.5, 0.6) is 0 Å². The van der Waals surface area contributed by atoms with Gasteiger partial charge in [0.05, 0.1) is 30.4 Å². The number of fused-ring (bicyclic) bond motifs is 4. The highest BCUT2D eigenvalue weighted by Gasteiger charge is 2.45. The smallest absolute Gasteiger partial charge is 0.377 e. The average molecular weight is 447 g/mol. The molecule has 2 aliphatic heterocycles. The zero-order chi connectivity index (χ0) is 22.6. The lowest BCUT2D eigenvalue weighted by molar-refractivity contribution is -0.140. The molecule has 32 heavy (non-hydrogen) atoms. The zero-order valence-electron chi connectivity index (χ0n) is 16.8. The fourth-order valence-electron chi connectivity index (χ4n) is 4.24. The van der Waals surface area contributed by atoms with Crippen LogP contribution in [0, 0.1) is 12.7 Å². The van der Waals surface area contributed by atoms with Crippen molar-refractivity contribution in [1.82, 2.24) is 24.6 Å². The number of morpholine rings is 1. The Balaban J connectivity index is 1.55. The zero-order valence-corrected chi connectivity index (χ0v) is 16.8. The topological polar surface area (TPSA) is 73.1 Å². The molecule has 1 aromatic carbocycles. The van der Waals surface area contributed by atoms with Crippen LogP contribution in [-0.4, -0.2) is 49.8 Å². The Bertz CT molecular complexity index is 1210. The lowest BCUT2D eigenvalue weighted by atomic mass is 10.0. The molecular formula is C21H17F4N5O2. The third kappa shape index (κ3) is 3.24. The van der Waals surface area contributed by atoms with Crippen LogP contribution in [0.15, 0.2) is 36.4 Å². The van der Waals surface area contributed by atoms with Gasteiger partial charge in [-0.25, -0.2) is 9.37 Å². The lowest BCUT2D eigenvalue weighted by Crippen LogP contribution is -2.56. The Hall–Kier alpha value is -3.34. The number of ether oxygens (including phenoxy) is 1. The fraction of sp³-hybridized carbons (Fsp3) is 0.333. The van der Waals surface area contributed by atoms with Crippen molar-refractivity contribution < 1.29 is 27.1 Å². The van der Waals surface area contributed by atoms with Gasteiger partial charge in [-0.3, -0.25) is 4.79 Å². The molecule has 0 radical (unpaired) electrons. The first kappa shape index (κ1) is 20.6. The Morgan fingerprint density at radius 3 is 2.66 bits per heavy atom. The van der Waals surface area contributed by atoms with Crippen LogP contribution < -0.4 is 0 Å². The molecular weight excluding hydrogens is 430 g/mol. The van der Waals surface area contributed by atoms with Gasteiger partial charge in [-0.05, 0) is 31.2 Å². The number of amides is 1. The Morgan fingerprint density at radius 1 is 1.12 bits per heavy atom. The van der Waals surface area contributed by atoms with E-state index in [2.05, 4.69) is 15.2 Å².